The summed E-state index contributed by atoms with van der Waals surface area (Å²) in [5, 5.41) is 8.73. The lowest BCUT2D eigenvalue weighted by molar-refractivity contribution is -0.136. The second-order valence-electron chi connectivity index (χ2n) is 8.27. The highest BCUT2D eigenvalue weighted by atomic mass is 79.9. The molecule has 9 heteroatoms. The lowest BCUT2D eigenvalue weighted by atomic mass is 10.1. The molecule has 0 heterocycles. The molecule has 0 atom stereocenters. The zero-order valence-corrected chi connectivity index (χ0v) is 23.2. The van der Waals surface area contributed by atoms with Crippen molar-refractivity contribution >= 4 is 50.4 Å². The largest absolute Gasteiger partial charge is 0.492 e. The Kier molecular flexibility index (Phi) is 9.53. The Balaban J connectivity index is 1.43. The van der Waals surface area contributed by atoms with Crippen LogP contribution in [0.25, 0.3) is 10.8 Å². The van der Waals surface area contributed by atoms with Gasteiger partial charge in [0.25, 0.3) is 0 Å². The summed E-state index contributed by atoms with van der Waals surface area (Å²) in [7, 11) is 0. The monoisotopic (exact) mass is 589 g/mol. The van der Waals surface area contributed by atoms with Crippen molar-refractivity contribution in [2.75, 3.05) is 18.5 Å². The summed E-state index contributed by atoms with van der Waals surface area (Å²) < 4.78 is 18.1. The van der Waals surface area contributed by atoms with Gasteiger partial charge in [-0.2, -0.15) is 5.10 Å². The fraction of sp³-hybridized carbons (Fsp3) is 0.167. The number of halogens is 1. The number of nitrogens with zero attached hydrogens (tertiary/aromatic N) is 1. The molecule has 8 nitrogen and oxygen atoms in total. The summed E-state index contributed by atoms with van der Waals surface area (Å²) in [5.74, 6) is -0.242. The number of carbonyl (C=O) groups excluding carboxylic acids is 2. The van der Waals surface area contributed by atoms with E-state index in [0.717, 1.165) is 16.3 Å². The number of hydrazone groups is 1. The molecular formula is C30H28BrN3O5. The van der Waals surface area contributed by atoms with Crippen LogP contribution in [0.3, 0.4) is 0 Å². The van der Waals surface area contributed by atoms with Crippen LogP contribution in [0.1, 0.15) is 25.0 Å². The van der Waals surface area contributed by atoms with Crippen molar-refractivity contribution in [1.29, 1.82) is 0 Å². The van der Waals surface area contributed by atoms with Crippen LogP contribution in [0.5, 0.6) is 17.2 Å². The molecule has 4 aromatic carbocycles. The number of ether oxygens (including phenoxy) is 3. The Labute approximate surface area is 235 Å². The second kappa shape index (κ2) is 13.4. The van der Waals surface area contributed by atoms with Gasteiger partial charge in [0.2, 0.25) is 0 Å². The molecule has 0 unspecified atom stereocenters. The minimum atomic E-state index is -0.920. The summed E-state index contributed by atoms with van der Waals surface area (Å²) in [6, 6.07) is 24.7. The maximum atomic E-state index is 12.3. The van der Waals surface area contributed by atoms with Crippen molar-refractivity contribution < 1.29 is 23.8 Å². The molecule has 0 saturated heterocycles. The van der Waals surface area contributed by atoms with Crippen molar-refractivity contribution in [3.8, 4) is 17.2 Å². The molecule has 0 aliphatic carbocycles. The zero-order chi connectivity index (χ0) is 27.6. The third-order valence-corrected chi connectivity index (χ3v) is 6.19. The normalized spacial score (nSPS) is 10.8. The smallest absolute Gasteiger partial charge is 0.329 e. The standard InChI is InChI=1S/C30H28BrN3O5/c1-3-37-26-15-8-7-14-25(26)33-29(35)30(36)34-32-18-20-16-24(31)28(27(17-20)38-4-2)39-19-22-12-9-11-21-10-5-6-13-23(21)22/h5-18H,3-4,19H2,1-2H3,(H,33,35)(H,34,36)/b32-18+. The first-order valence-corrected chi connectivity index (χ1v) is 13.2. The van der Waals surface area contributed by atoms with Gasteiger partial charge in [-0.3, -0.25) is 9.59 Å². The lowest BCUT2D eigenvalue weighted by Crippen LogP contribution is -2.32. The van der Waals surface area contributed by atoms with E-state index in [9.17, 15) is 9.59 Å². The fourth-order valence-electron chi connectivity index (χ4n) is 3.88. The van der Waals surface area contributed by atoms with Crippen LogP contribution in [-0.2, 0) is 16.2 Å². The Bertz CT molecular complexity index is 1500. The summed E-state index contributed by atoms with van der Waals surface area (Å²) in [4.78, 5) is 24.6. The third kappa shape index (κ3) is 7.14. The Morgan fingerprint density at radius 3 is 2.38 bits per heavy atom. The number of fused-ring (bicyclic) bond motifs is 1. The summed E-state index contributed by atoms with van der Waals surface area (Å²) in [5.41, 5.74) is 4.32. The Morgan fingerprint density at radius 1 is 0.846 bits per heavy atom. The topological polar surface area (TPSA) is 98.2 Å². The van der Waals surface area contributed by atoms with Gasteiger partial charge >= 0.3 is 11.8 Å². The van der Waals surface area contributed by atoms with E-state index in [-0.39, 0.29) is 0 Å². The summed E-state index contributed by atoms with van der Waals surface area (Å²) in [6.45, 7) is 4.92. The molecular weight excluding hydrogens is 562 g/mol. The van der Waals surface area contributed by atoms with E-state index in [1.165, 1.54) is 6.21 Å². The van der Waals surface area contributed by atoms with Crippen LogP contribution in [0.2, 0.25) is 0 Å². The molecule has 2 amide bonds. The Morgan fingerprint density at radius 2 is 1.56 bits per heavy atom. The number of para-hydroxylation sites is 2. The van der Waals surface area contributed by atoms with Gasteiger partial charge in [-0.1, -0.05) is 54.6 Å². The number of hydrogen-bond donors (Lipinski definition) is 2. The zero-order valence-electron chi connectivity index (χ0n) is 21.6. The molecule has 0 fully saturated rings. The number of benzene rings is 4. The molecule has 0 aliphatic rings. The molecule has 0 aliphatic heterocycles. The first kappa shape index (κ1) is 27.7. The highest BCUT2D eigenvalue weighted by Crippen LogP contribution is 2.37. The average molecular weight is 590 g/mol. The van der Waals surface area contributed by atoms with Gasteiger partial charge in [0.15, 0.2) is 11.5 Å². The van der Waals surface area contributed by atoms with Gasteiger partial charge in [0, 0.05) is 0 Å². The molecule has 39 heavy (non-hydrogen) atoms. The number of hydrogen-bond acceptors (Lipinski definition) is 6. The van der Waals surface area contributed by atoms with E-state index in [1.807, 2.05) is 38.1 Å². The Hall–Kier alpha value is -4.37. The molecule has 0 bridgehead atoms. The number of anilines is 1. The molecule has 2 N–H and O–H groups in total. The molecule has 0 radical (unpaired) electrons. The highest BCUT2D eigenvalue weighted by Gasteiger charge is 2.16. The SMILES string of the molecule is CCOc1ccccc1NC(=O)C(=O)N/N=C/c1cc(Br)c(OCc2cccc3ccccc23)c(OCC)c1. The van der Waals surface area contributed by atoms with Crippen LogP contribution in [0.4, 0.5) is 5.69 Å². The summed E-state index contributed by atoms with van der Waals surface area (Å²) >= 11 is 3.56. The lowest BCUT2D eigenvalue weighted by Gasteiger charge is -2.15. The molecule has 4 aromatic rings. The van der Waals surface area contributed by atoms with Gasteiger partial charge in [0.05, 0.1) is 29.6 Å². The van der Waals surface area contributed by atoms with Gasteiger partial charge in [-0.05, 0) is 75.9 Å². The van der Waals surface area contributed by atoms with Gasteiger partial charge in [0.1, 0.15) is 12.4 Å². The maximum absolute atomic E-state index is 12.3. The average Bonchev–Trinajstić information content (AvgIpc) is 2.94. The van der Waals surface area contributed by atoms with Crippen molar-refractivity contribution in [3.63, 3.8) is 0 Å². The molecule has 0 saturated carbocycles. The van der Waals surface area contributed by atoms with Crippen molar-refractivity contribution in [2.45, 2.75) is 20.5 Å². The van der Waals surface area contributed by atoms with E-state index in [1.54, 1.807) is 36.4 Å². The first-order chi connectivity index (χ1) is 19.0. The molecule has 0 aromatic heterocycles. The quantitative estimate of drug-likeness (QED) is 0.133. The van der Waals surface area contributed by atoms with Crippen molar-refractivity contribution in [2.24, 2.45) is 5.10 Å². The fourth-order valence-corrected chi connectivity index (χ4v) is 4.45. The van der Waals surface area contributed by atoms with E-state index >= 15 is 0 Å². The van der Waals surface area contributed by atoms with E-state index < -0.39 is 11.8 Å². The van der Waals surface area contributed by atoms with E-state index in [0.29, 0.717) is 52.8 Å². The van der Waals surface area contributed by atoms with Crippen molar-refractivity contribution in [1.82, 2.24) is 5.43 Å². The highest BCUT2D eigenvalue weighted by molar-refractivity contribution is 9.10. The van der Waals surface area contributed by atoms with E-state index in [2.05, 4.69) is 50.0 Å². The molecule has 4 rings (SSSR count). The van der Waals surface area contributed by atoms with Gasteiger partial charge in [-0.25, -0.2) is 5.43 Å². The molecule has 200 valence electrons. The molecule has 0 spiro atoms. The third-order valence-electron chi connectivity index (χ3n) is 5.60. The van der Waals surface area contributed by atoms with Crippen LogP contribution >= 0.6 is 15.9 Å². The minimum absolute atomic E-state index is 0.352. The first-order valence-electron chi connectivity index (χ1n) is 12.4. The van der Waals surface area contributed by atoms with Crippen LogP contribution in [0, 0.1) is 0 Å². The van der Waals surface area contributed by atoms with Crippen LogP contribution < -0.4 is 25.0 Å². The second-order valence-corrected chi connectivity index (χ2v) is 9.13. The van der Waals surface area contributed by atoms with E-state index in [4.69, 9.17) is 14.2 Å². The van der Waals surface area contributed by atoms with Gasteiger partial charge < -0.3 is 19.5 Å². The number of rotatable bonds is 10. The van der Waals surface area contributed by atoms with Crippen molar-refractivity contribution in [3.05, 3.63) is 94.5 Å². The van der Waals surface area contributed by atoms with Crippen LogP contribution in [0.15, 0.2) is 88.4 Å². The van der Waals surface area contributed by atoms with Gasteiger partial charge in [-0.15, -0.1) is 0 Å². The number of carbonyl (C=O) groups is 2. The summed E-state index contributed by atoms with van der Waals surface area (Å²) in [6.07, 6.45) is 1.42. The maximum Gasteiger partial charge on any atom is 0.329 e. The number of amides is 2. The minimum Gasteiger partial charge on any atom is -0.492 e. The predicted octanol–water partition coefficient (Wildman–Crippen LogP) is 6.07. The number of nitrogens with one attached hydrogen (secondary N) is 2. The van der Waals surface area contributed by atoms with Crippen LogP contribution in [-0.4, -0.2) is 31.2 Å². The predicted molar refractivity (Wildman–Crippen MR) is 156 cm³/mol.